The molecule has 0 atom stereocenters. The molecular formula is C26H28P+. The van der Waals surface area contributed by atoms with Crippen molar-refractivity contribution in [3.63, 3.8) is 0 Å². The van der Waals surface area contributed by atoms with Crippen molar-refractivity contribution >= 4 is 23.2 Å². The maximum absolute atomic E-state index is 2.35. The fourth-order valence-electron chi connectivity index (χ4n) is 3.58. The zero-order valence-corrected chi connectivity index (χ0v) is 16.9. The molecule has 0 amide bonds. The first-order chi connectivity index (χ1) is 13.4. The first-order valence-corrected chi connectivity index (χ1v) is 11.7. The van der Waals surface area contributed by atoms with E-state index in [-0.39, 0.29) is 0 Å². The van der Waals surface area contributed by atoms with E-state index in [9.17, 15) is 0 Å². The highest BCUT2D eigenvalue weighted by atomic mass is 31.2. The predicted molar refractivity (Wildman–Crippen MR) is 123 cm³/mol. The summed E-state index contributed by atoms with van der Waals surface area (Å²) in [5.74, 6) is 0. The van der Waals surface area contributed by atoms with Crippen LogP contribution >= 0.6 is 7.26 Å². The molecule has 1 heteroatoms. The third kappa shape index (κ3) is 4.65. The molecule has 0 aromatic heterocycles. The Kier molecular flexibility index (Phi) is 7.19. The van der Waals surface area contributed by atoms with E-state index in [0.29, 0.717) is 0 Å². The lowest BCUT2D eigenvalue weighted by Gasteiger charge is -2.27. The van der Waals surface area contributed by atoms with Crippen LogP contribution in [-0.4, -0.2) is 6.16 Å². The first kappa shape index (κ1) is 19.3. The summed E-state index contributed by atoms with van der Waals surface area (Å²) in [6.45, 7) is 2.07. The second-order valence-corrected chi connectivity index (χ2v) is 10.2. The molecule has 0 heterocycles. The summed E-state index contributed by atoms with van der Waals surface area (Å²) in [5.41, 5.74) is 0. The smallest absolute Gasteiger partial charge is 0.0914 e. The summed E-state index contributed by atoms with van der Waals surface area (Å²) in [7, 11) is -1.68. The van der Waals surface area contributed by atoms with Crippen molar-refractivity contribution in [2.24, 2.45) is 0 Å². The van der Waals surface area contributed by atoms with Gasteiger partial charge in [-0.2, -0.15) is 0 Å². The number of benzene rings is 3. The van der Waals surface area contributed by atoms with Crippen LogP contribution < -0.4 is 15.9 Å². The van der Waals surface area contributed by atoms with Crippen LogP contribution in [0.1, 0.15) is 19.8 Å². The largest absolute Gasteiger partial charge is 0.112 e. The molecule has 3 aromatic carbocycles. The summed E-state index contributed by atoms with van der Waals surface area (Å²) in [6.07, 6.45) is 12.2. The number of allylic oxidation sites excluding steroid dienone is 4. The fraction of sp³-hybridized carbons (Fsp3) is 0.154. The molecule has 0 spiro atoms. The van der Waals surface area contributed by atoms with Gasteiger partial charge >= 0.3 is 0 Å². The van der Waals surface area contributed by atoms with Crippen LogP contribution in [0, 0.1) is 0 Å². The van der Waals surface area contributed by atoms with Gasteiger partial charge in [0, 0.05) is 6.42 Å². The number of hydrogen-bond donors (Lipinski definition) is 0. The van der Waals surface area contributed by atoms with Crippen molar-refractivity contribution in [1.29, 1.82) is 0 Å². The van der Waals surface area contributed by atoms with Gasteiger partial charge in [0.15, 0.2) is 0 Å². The third-order valence-corrected chi connectivity index (χ3v) is 9.36. The van der Waals surface area contributed by atoms with Gasteiger partial charge in [-0.25, -0.2) is 0 Å². The summed E-state index contributed by atoms with van der Waals surface area (Å²) in [6, 6.07) is 33.3. The SMILES string of the molecule is CC=CCC=CCC[P+](c1ccccc1)(c1ccccc1)c1ccccc1. The Balaban J connectivity index is 2.07. The Hall–Kier alpha value is -2.43. The maximum Gasteiger partial charge on any atom is 0.112 e. The molecule has 0 aliphatic heterocycles. The van der Waals surface area contributed by atoms with Crippen LogP contribution in [0.15, 0.2) is 115 Å². The van der Waals surface area contributed by atoms with E-state index >= 15 is 0 Å². The lowest BCUT2D eigenvalue weighted by molar-refractivity contribution is 1.20. The van der Waals surface area contributed by atoms with E-state index in [1.165, 1.54) is 15.9 Å². The summed E-state index contributed by atoms with van der Waals surface area (Å²) < 4.78 is 0. The average molecular weight is 371 g/mol. The average Bonchev–Trinajstić information content (AvgIpc) is 2.75. The van der Waals surface area contributed by atoms with Gasteiger partial charge < -0.3 is 0 Å². The molecule has 0 bridgehead atoms. The van der Waals surface area contributed by atoms with Crippen molar-refractivity contribution in [2.75, 3.05) is 6.16 Å². The summed E-state index contributed by atoms with van der Waals surface area (Å²) in [4.78, 5) is 0. The molecule has 0 fully saturated rings. The van der Waals surface area contributed by atoms with Crippen molar-refractivity contribution in [2.45, 2.75) is 19.8 Å². The minimum Gasteiger partial charge on any atom is -0.0914 e. The van der Waals surface area contributed by atoms with Gasteiger partial charge in [0.1, 0.15) is 23.2 Å². The van der Waals surface area contributed by atoms with Crippen molar-refractivity contribution < 1.29 is 0 Å². The zero-order valence-electron chi connectivity index (χ0n) is 16.0. The zero-order chi connectivity index (χ0) is 18.8. The molecule has 0 saturated heterocycles. The van der Waals surface area contributed by atoms with Crippen LogP contribution in [-0.2, 0) is 0 Å². The molecule has 0 N–H and O–H groups in total. The summed E-state index contributed by atoms with van der Waals surface area (Å²) in [5, 5.41) is 4.39. The molecule has 0 aliphatic rings. The Bertz CT molecular complexity index is 752. The molecular weight excluding hydrogens is 343 g/mol. The predicted octanol–water partition coefficient (Wildman–Crippen LogP) is 5.89. The minimum absolute atomic E-state index is 1.02. The maximum atomic E-state index is 2.35. The molecule has 0 saturated carbocycles. The van der Waals surface area contributed by atoms with Gasteiger partial charge in [-0.15, -0.1) is 0 Å². The Morgan fingerprint density at radius 2 is 1.04 bits per heavy atom. The lowest BCUT2D eigenvalue weighted by atomic mass is 10.3. The van der Waals surface area contributed by atoms with Crippen LogP contribution in [0.5, 0.6) is 0 Å². The molecule has 3 rings (SSSR count). The van der Waals surface area contributed by atoms with Crippen LogP contribution in [0.25, 0.3) is 0 Å². The number of rotatable bonds is 8. The van der Waals surface area contributed by atoms with Gasteiger partial charge in [0.05, 0.1) is 6.16 Å². The van der Waals surface area contributed by atoms with Gasteiger partial charge in [-0.05, 0) is 49.7 Å². The molecule has 0 unspecified atom stereocenters. The van der Waals surface area contributed by atoms with E-state index in [4.69, 9.17) is 0 Å². The fourth-order valence-corrected chi connectivity index (χ4v) is 7.83. The van der Waals surface area contributed by atoms with Gasteiger partial charge in [-0.3, -0.25) is 0 Å². The van der Waals surface area contributed by atoms with Crippen molar-refractivity contribution in [3.05, 3.63) is 115 Å². The van der Waals surface area contributed by atoms with E-state index in [1.54, 1.807) is 0 Å². The highest BCUT2D eigenvalue weighted by molar-refractivity contribution is 7.95. The number of hydrogen-bond acceptors (Lipinski definition) is 0. The topological polar surface area (TPSA) is 0 Å². The third-order valence-electron chi connectivity index (χ3n) is 4.90. The standard InChI is InChI=1S/C26H28P/c1-2-3-4-5-6-16-23-27(24-17-10-7-11-18-24,25-19-12-8-13-20-25)26-21-14-9-15-22-26/h2-3,5-15,17-22H,4,16,23H2,1H3/q+1. The van der Waals surface area contributed by atoms with Crippen LogP contribution in [0.3, 0.4) is 0 Å². The van der Waals surface area contributed by atoms with E-state index in [1.807, 2.05) is 0 Å². The first-order valence-electron chi connectivity index (χ1n) is 9.69. The molecule has 0 nitrogen and oxygen atoms in total. The second-order valence-electron chi connectivity index (χ2n) is 6.60. The van der Waals surface area contributed by atoms with Crippen molar-refractivity contribution in [3.8, 4) is 0 Å². The van der Waals surface area contributed by atoms with E-state index in [2.05, 4.69) is 122 Å². The van der Waals surface area contributed by atoms with Crippen LogP contribution in [0.4, 0.5) is 0 Å². The molecule has 3 aromatic rings. The van der Waals surface area contributed by atoms with Crippen molar-refractivity contribution in [1.82, 2.24) is 0 Å². The highest BCUT2D eigenvalue weighted by Crippen LogP contribution is 2.55. The van der Waals surface area contributed by atoms with E-state index < -0.39 is 7.26 Å². The quantitative estimate of drug-likeness (QED) is 0.342. The van der Waals surface area contributed by atoms with Gasteiger partial charge in [0.2, 0.25) is 0 Å². The second kappa shape index (κ2) is 10.0. The lowest BCUT2D eigenvalue weighted by Crippen LogP contribution is -2.33. The van der Waals surface area contributed by atoms with Crippen LogP contribution in [0.2, 0.25) is 0 Å². The molecule has 0 radical (unpaired) electrons. The normalized spacial score (nSPS) is 12.0. The van der Waals surface area contributed by atoms with Gasteiger partial charge in [-0.1, -0.05) is 78.9 Å². The highest BCUT2D eigenvalue weighted by Gasteiger charge is 2.44. The summed E-state index contributed by atoms with van der Waals surface area (Å²) >= 11 is 0. The molecule has 0 aliphatic carbocycles. The minimum atomic E-state index is -1.68. The van der Waals surface area contributed by atoms with E-state index in [0.717, 1.165) is 19.0 Å². The Morgan fingerprint density at radius 1 is 0.593 bits per heavy atom. The Morgan fingerprint density at radius 3 is 1.44 bits per heavy atom. The Labute approximate surface area is 164 Å². The molecule has 136 valence electrons. The van der Waals surface area contributed by atoms with Gasteiger partial charge in [0.25, 0.3) is 0 Å². The monoisotopic (exact) mass is 371 g/mol. The molecule has 27 heavy (non-hydrogen) atoms.